The highest BCUT2D eigenvalue weighted by Gasteiger charge is 2.19. The maximum atomic E-state index is 12.4. The molecular weight excluding hydrogens is 342 g/mol. The van der Waals surface area contributed by atoms with Crippen LogP contribution in [0.15, 0.2) is 59.8 Å². The Morgan fingerprint density at radius 2 is 2.00 bits per heavy atom. The van der Waals surface area contributed by atoms with E-state index in [1.807, 2.05) is 31.3 Å². The summed E-state index contributed by atoms with van der Waals surface area (Å²) in [6.07, 6.45) is 10.6. The fourth-order valence-corrected chi connectivity index (χ4v) is 4.06. The molecule has 1 fully saturated rings. The lowest BCUT2D eigenvalue weighted by molar-refractivity contribution is -0.136. The minimum absolute atomic E-state index is 0.213. The molecule has 0 radical (unpaired) electrons. The van der Waals surface area contributed by atoms with Crippen LogP contribution in [-0.4, -0.2) is 17.6 Å². The average Bonchev–Trinajstić information content (AvgIpc) is 3.19. The van der Waals surface area contributed by atoms with Gasteiger partial charge in [0.05, 0.1) is 12.2 Å². The molecule has 1 aliphatic carbocycles. The molecule has 1 saturated carbocycles. The van der Waals surface area contributed by atoms with E-state index in [4.69, 9.17) is 4.74 Å². The number of hydrogen-bond donors (Lipinski definition) is 0. The molecule has 3 nitrogen and oxygen atoms in total. The van der Waals surface area contributed by atoms with Crippen molar-refractivity contribution in [3.63, 3.8) is 0 Å². The van der Waals surface area contributed by atoms with Crippen molar-refractivity contribution in [1.82, 2.24) is 4.98 Å². The minimum Gasteiger partial charge on any atom is -0.462 e. The molecular formula is C22H25NO2S. The molecule has 2 aromatic rings. The van der Waals surface area contributed by atoms with E-state index in [9.17, 15) is 4.79 Å². The number of carbonyl (C=O) groups excluding carboxylic acids is 1. The van der Waals surface area contributed by atoms with Gasteiger partial charge in [0.2, 0.25) is 0 Å². The van der Waals surface area contributed by atoms with E-state index >= 15 is 0 Å². The van der Waals surface area contributed by atoms with E-state index < -0.39 is 0 Å². The molecule has 0 saturated heterocycles. The summed E-state index contributed by atoms with van der Waals surface area (Å²) >= 11 is 1.77. The van der Waals surface area contributed by atoms with E-state index in [0.717, 1.165) is 11.3 Å². The Bertz CT molecular complexity index is 734. The van der Waals surface area contributed by atoms with Crippen LogP contribution >= 0.6 is 11.8 Å². The van der Waals surface area contributed by atoms with Crippen molar-refractivity contribution in [2.45, 2.75) is 43.3 Å². The Hall–Kier alpha value is -2.07. The van der Waals surface area contributed by atoms with Crippen LogP contribution in [0.25, 0.3) is 5.57 Å². The molecule has 0 bridgehead atoms. The molecule has 136 valence electrons. The van der Waals surface area contributed by atoms with Gasteiger partial charge in [0.15, 0.2) is 0 Å². The Kier molecular flexibility index (Phi) is 6.89. The number of nitrogens with zero attached hydrogens (tertiary/aromatic N) is 1. The summed E-state index contributed by atoms with van der Waals surface area (Å²) in [5.41, 5.74) is 2.86. The molecule has 1 aromatic carbocycles. The van der Waals surface area contributed by atoms with Crippen molar-refractivity contribution in [3.05, 3.63) is 66.0 Å². The van der Waals surface area contributed by atoms with Crippen molar-refractivity contribution in [3.8, 4) is 0 Å². The number of hydrogen-bond acceptors (Lipinski definition) is 4. The first kappa shape index (κ1) is 18.7. The molecule has 0 spiro atoms. The molecule has 1 aliphatic rings. The summed E-state index contributed by atoms with van der Waals surface area (Å²) in [7, 11) is 0. The molecule has 4 heteroatoms. The number of pyridine rings is 1. The van der Waals surface area contributed by atoms with Gasteiger partial charge in [-0.2, -0.15) is 0 Å². The second-order valence-corrected chi connectivity index (χ2v) is 7.57. The van der Waals surface area contributed by atoms with E-state index in [2.05, 4.69) is 29.3 Å². The van der Waals surface area contributed by atoms with Crippen molar-refractivity contribution in [1.29, 1.82) is 0 Å². The fourth-order valence-electron chi connectivity index (χ4n) is 3.23. The maximum Gasteiger partial charge on any atom is 0.338 e. The monoisotopic (exact) mass is 367 g/mol. The Morgan fingerprint density at radius 3 is 2.65 bits per heavy atom. The zero-order valence-electron chi connectivity index (χ0n) is 15.2. The number of aromatic nitrogens is 1. The van der Waals surface area contributed by atoms with Gasteiger partial charge in [-0.25, -0.2) is 4.79 Å². The van der Waals surface area contributed by atoms with Gasteiger partial charge in [-0.15, -0.1) is 11.8 Å². The molecule has 0 amide bonds. The summed E-state index contributed by atoms with van der Waals surface area (Å²) in [6.45, 7) is 2.25. The topological polar surface area (TPSA) is 39.2 Å². The molecule has 0 atom stereocenters. The molecule has 0 unspecified atom stereocenters. The lowest BCUT2D eigenvalue weighted by Crippen LogP contribution is -2.08. The van der Waals surface area contributed by atoms with Gasteiger partial charge in [0, 0.05) is 23.0 Å². The molecule has 26 heavy (non-hydrogen) atoms. The SMILES string of the molecule is CCOC(=O)/C(=C/C1CCCC1)c1ccc(SCc2cccnc2)cc1. The quantitative estimate of drug-likeness (QED) is 0.367. The second kappa shape index (κ2) is 9.58. The van der Waals surface area contributed by atoms with Crippen LogP contribution in [0.3, 0.4) is 0 Å². The smallest absolute Gasteiger partial charge is 0.338 e. The van der Waals surface area contributed by atoms with Gasteiger partial charge in [-0.05, 0) is 55.0 Å². The zero-order chi connectivity index (χ0) is 18.2. The van der Waals surface area contributed by atoms with E-state index in [-0.39, 0.29) is 5.97 Å². The first-order valence-electron chi connectivity index (χ1n) is 9.27. The van der Waals surface area contributed by atoms with E-state index in [1.54, 1.807) is 18.0 Å². The predicted octanol–water partition coefficient (Wildman–Crippen LogP) is 5.51. The van der Waals surface area contributed by atoms with Gasteiger partial charge in [0.1, 0.15) is 0 Å². The highest BCUT2D eigenvalue weighted by Crippen LogP contribution is 2.31. The summed E-state index contributed by atoms with van der Waals surface area (Å²) in [5, 5.41) is 0. The summed E-state index contributed by atoms with van der Waals surface area (Å²) in [6, 6.07) is 12.3. The molecule has 1 aromatic heterocycles. The van der Waals surface area contributed by atoms with Gasteiger partial charge < -0.3 is 4.74 Å². The van der Waals surface area contributed by atoms with Gasteiger partial charge >= 0.3 is 5.97 Å². The second-order valence-electron chi connectivity index (χ2n) is 6.52. The minimum atomic E-state index is -0.213. The first-order chi connectivity index (χ1) is 12.8. The van der Waals surface area contributed by atoms with Crippen LogP contribution in [0.5, 0.6) is 0 Å². The predicted molar refractivity (Wildman–Crippen MR) is 107 cm³/mol. The Morgan fingerprint density at radius 1 is 1.23 bits per heavy atom. The standard InChI is InChI=1S/C22H25NO2S/c1-2-25-22(24)21(14-17-6-3-4-7-17)19-9-11-20(12-10-19)26-16-18-8-5-13-23-15-18/h5,8-15,17H,2-4,6-7,16H2,1H3/b21-14+. The number of rotatable bonds is 7. The third-order valence-corrected chi connectivity index (χ3v) is 5.67. The van der Waals surface area contributed by atoms with Crippen LogP contribution in [-0.2, 0) is 15.3 Å². The zero-order valence-corrected chi connectivity index (χ0v) is 16.0. The molecule has 3 rings (SSSR count). The number of carbonyl (C=O) groups is 1. The highest BCUT2D eigenvalue weighted by molar-refractivity contribution is 7.98. The van der Waals surface area contributed by atoms with Crippen LogP contribution in [0, 0.1) is 5.92 Å². The number of allylic oxidation sites excluding steroid dienone is 1. The van der Waals surface area contributed by atoms with Crippen molar-refractivity contribution < 1.29 is 9.53 Å². The number of benzene rings is 1. The van der Waals surface area contributed by atoms with Crippen LogP contribution in [0.2, 0.25) is 0 Å². The molecule has 1 heterocycles. The van der Waals surface area contributed by atoms with E-state index in [0.29, 0.717) is 18.1 Å². The van der Waals surface area contributed by atoms with Gasteiger partial charge in [-0.3, -0.25) is 4.98 Å². The van der Waals surface area contributed by atoms with Gasteiger partial charge in [0.25, 0.3) is 0 Å². The first-order valence-corrected chi connectivity index (χ1v) is 10.3. The highest BCUT2D eigenvalue weighted by atomic mass is 32.2. The van der Waals surface area contributed by atoms with E-state index in [1.165, 1.54) is 36.1 Å². The van der Waals surface area contributed by atoms with Crippen LogP contribution < -0.4 is 0 Å². The summed E-state index contributed by atoms with van der Waals surface area (Å²) in [4.78, 5) is 17.8. The summed E-state index contributed by atoms with van der Waals surface area (Å²) in [5.74, 6) is 1.17. The van der Waals surface area contributed by atoms with Crippen LogP contribution in [0.4, 0.5) is 0 Å². The molecule has 0 aliphatic heterocycles. The summed E-state index contributed by atoms with van der Waals surface area (Å²) < 4.78 is 5.28. The third kappa shape index (κ3) is 5.21. The Labute approximate surface area is 159 Å². The molecule has 0 N–H and O–H groups in total. The normalized spacial score (nSPS) is 15.2. The Balaban J connectivity index is 1.71. The van der Waals surface area contributed by atoms with Crippen molar-refractivity contribution >= 4 is 23.3 Å². The largest absolute Gasteiger partial charge is 0.462 e. The number of esters is 1. The number of ether oxygens (including phenoxy) is 1. The number of thioether (sulfide) groups is 1. The fraction of sp³-hybridized carbons (Fsp3) is 0.364. The third-order valence-electron chi connectivity index (χ3n) is 4.59. The van der Waals surface area contributed by atoms with Gasteiger partial charge in [-0.1, -0.05) is 37.1 Å². The van der Waals surface area contributed by atoms with Crippen molar-refractivity contribution in [2.24, 2.45) is 5.92 Å². The maximum absolute atomic E-state index is 12.4. The lowest BCUT2D eigenvalue weighted by Gasteiger charge is -2.11. The van der Waals surface area contributed by atoms with Crippen molar-refractivity contribution in [2.75, 3.05) is 6.61 Å². The van der Waals surface area contributed by atoms with Crippen LogP contribution in [0.1, 0.15) is 43.7 Å². The lowest BCUT2D eigenvalue weighted by atomic mass is 9.99. The average molecular weight is 368 g/mol.